The van der Waals surface area contributed by atoms with E-state index in [9.17, 15) is 9.90 Å². The molecular weight excluding hydrogens is 280 g/mol. The number of aliphatic hydroxyl groups is 1. The minimum Gasteiger partial charge on any atom is -0.395 e. The largest absolute Gasteiger partial charge is 0.395 e. The van der Waals surface area contributed by atoms with E-state index in [1.54, 1.807) is 0 Å². The Labute approximate surface area is 121 Å². The number of aliphatic hydroxyl groups excluding tert-OH is 1. The van der Waals surface area contributed by atoms with Crippen LogP contribution in [0.2, 0.25) is 0 Å². The minimum absolute atomic E-state index is 0.00605. The van der Waals surface area contributed by atoms with Crippen molar-refractivity contribution in [3.05, 3.63) is 11.7 Å². The van der Waals surface area contributed by atoms with Crippen LogP contribution in [0, 0.1) is 0 Å². The highest BCUT2D eigenvalue weighted by Gasteiger charge is 2.25. The van der Waals surface area contributed by atoms with E-state index in [1.807, 2.05) is 13.2 Å². The molecule has 3 atom stereocenters. The molecule has 1 amide bonds. The van der Waals surface area contributed by atoms with Gasteiger partial charge in [-0.05, 0) is 32.6 Å². The lowest BCUT2D eigenvalue weighted by Gasteiger charge is -2.20. The first kappa shape index (κ1) is 15.3. The summed E-state index contributed by atoms with van der Waals surface area (Å²) in [7, 11) is 0. The molecular formula is C12H20N4O3S. The van der Waals surface area contributed by atoms with Gasteiger partial charge in [-0.2, -0.15) is 16.7 Å². The fourth-order valence-electron chi connectivity index (χ4n) is 2.17. The molecule has 7 nitrogen and oxygen atoms in total. The molecule has 1 aromatic heterocycles. The maximum atomic E-state index is 12.0. The van der Waals surface area contributed by atoms with E-state index in [-0.39, 0.29) is 35.7 Å². The Morgan fingerprint density at radius 2 is 2.50 bits per heavy atom. The number of nitrogens with zero attached hydrogens (tertiary/aromatic N) is 2. The third-order valence-electron chi connectivity index (χ3n) is 3.40. The third-order valence-corrected chi connectivity index (χ3v) is 4.57. The molecule has 0 spiro atoms. The molecule has 1 aliphatic rings. The molecule has 3 unspecified atom stereocenters. The fourth-order valence-corrected chi connectivity index (χ4v) is 2.79. The second kappa shape index (κ2) is 7.05. The molecule has 8 heteroatoms. The van der Waals surface area contributed by atoms with E-state index in [2.05, 4.69) is 20.8 Å². The first-order valence-electron chi connectivity index (χ1n) is 6.67. The first-order chi connectivity index (χ1) is 9.65. The van der Waals surface area contributed by atoms with Crippen LogP contribution < -0.4 is 10.6 Å². The molecule has 0 bridgehead atoms. The van der Waals surface area contributed by atoms with Crippen LogP contribution >= 0.6 is 11.8 Å². The number of thioether (sulfide) groups is 1. The van der Waals surface area contributed by atoms with E-state index in [4.69, 9.17) is 4.52 Å². The van der Waals surface area contributed by atoms with Crippen molar-refractivity contribution in [2.24, 2.45) is 0 Å². The number of carbonyl (C=O) groups is 1. The van der Waals surface area contributed by atoms with Gasteiger partial charge in [0.25, 0.3) is 11.7 Å². The summed E-state index contributed by atoms with van der Waals surface area (Å²) in [5.41, 5.74) is 0. The van der Waals surface area contributed by atoms with E-state index >= 15 is 0 Å². The van der Waals surface area contributed by atoms with Crippen LogP contribution in [0.1, 0.15) is 42.3 Å². The average molecular weight is 300 g/mol. The van der Waals surface area contributed by atoms with E-state index < -0.39 is 0 Å². The number of hydrogen-bond donors (Lipinski definition) is 3. The van der Waals surface area contributed by atoms with E-state index in [0.29, 0.717) is 5.89 Å². The predicted octanol–water partition coefficient (Wildman–Crippen LogP) is 0.336. The standard InChI is InChI=1S/C12H20N4O3S/c1-7(9(6-17)20-2)14-11(18)10-15-12(19-16-10)8-4-3-5-13-8/h7-9,13,17H,3-6H2,1-2H3,(H,14,18). The lowest BCUT2D eigenvalue weighted by Crippen LogP contribution is -2.41. The van der Waals surface area contributed by atoms with Crippen molar-refractivity contribution >= 4 is 17.7 Å². The summed E-state index contributed by atoms with van der Waals surface area (Å²) in [5, 5.41) is 18.9. The van der Waals surface area contributed by atoms with Crippen LogP contribution in [0.5, 0.6) is 0 Å². The molecule has 2 rings (SSSR count). The van der Waals surface area contributed by atoms with Gasteiger partial charge in [-0.1, -0.05) is 5.16 Å². The van der Waals surface area contributed by atoms with Gasteiger partial charge < -0.3 is 20.3 Å². The molecule has 1 aromatic rings. The summed E-state index contributed by atoms with van der Waals surface area (Å²) in [5.74, 6) is 0.125. The van der Waals surface area contributed by atoms with Crippen LogP contribution in [0.25, 0.3) is 0 Å². The minimum atomic E-state index is -0.377. The highest BCUT2D eigenvalue weighted by molar-refractivity contribution is 7.99. The van der Waals surface area contributed by atoms with Crippen LogP contribution in [0.3, 0.4) is 0 Å². The Hall–Kier alpha value is -1.12. The molecule has 1 fully saturated rings. The maximum Gasteiger partial charge on any atom is 0.292 e. The summed E-state index contributed by atoms with van der Waals surface area (Å²) in [6, 6.07) is -0.119. The number of rotatable bonds is 6. The van der Waals surface area contributed by atoms with Gasteiger partial charge in [0.05, 0.1) is 12.6 Å². The monoisotopic (exact) mass is 300 g/mol. The van der Waals surface area contributed by atoms with Crippen molar-refractivity contribution in [2.75, 3.05) is 19.4 Å². The molecule has 3 N–H and O–H groups in total. The Bertz CT molecular complexity index is 444. The predicted molar refractivity (Wildman–Crippen MR) is 75.6 cm³/mol. The molecule has 112 valence electrons. The molecule has 1 saturated heterocycles. The normalized spacial score (nSPS) is 21.6. The number of amides is 1. The summed E-state index contributed by atoms with van der Waals surface area (Å²) >= 11 is 1.50. The van der Waals surface area contributed by atoms with Crippen molar-refractivity contribution in [3.63, 3.8) is 0 Å². The second-order valence-corrected chi connectivity index (χ2v) is 5.90. The zero-order valence-corrected chi connectivity index (χ0v) is 12.4. The third kappa shape index (κ3) is 3.50. The summed E-state index contributed by atoms with van der Waals surface area (Å²) in [4.78, 5) is 16.1. The Kier molecular flexibility index (Phi) is 5.38. The number of aromatic nitrogens is 2. The van der Waals surface area contributed by atoms with Crippen LogP contribution in [-0.4, -0.2) is 51.9 Å². The lowest BCUT2D eigenvalue weighted by molar-refractivity contribution is 0.0922. The molecule has 0 aromatic carbocycles. The van der Waals surface area contributed by atoms with Crippen LogP contribution in [-0.2, 0) is 0 Å². The summed E-state index contributed by atoms with van der Waals surface area (Å²) < 4.78 is 5.13. The summed E-state index contributed by atoms with van der Waals surface area (Å²) in [6.07, 6.45) is 3.90. The van der Waals surface area contributed by atoms with Gasteiger partial charge in [0.1, 0.15) is 0 Å². The van der Waals surface area contributed by atoms with Crippen molar-refractivity contribution in [3.8, 4) is 0 Å². The Morgan fingerprint density at radius 1 is 1.70 bits per heavy atom. The highest BCUT2D eigenvalue weighted by atomic mass is 32.2. The quantitative estimate of drug-likeness (QED) is 0.696. The first-order valence-corrected chi connectivity index (χ1v) is 7.96. The number of hydrogen-bond acceptors (Lipinski definition) is 7. The Morgan fingerprint density at radius 3 is 3.10 bits per heavy atom. The molecule has 20 heavy (non-hydrogen) atoms. The zero-order valence-electron chi connectivity index (χ0n) is 11.6. The van der Waals surface area contributed by atoms with E-state index in [1.165, 1.54) is 11.8 Å². The SMILES string of the molecule is CSC(CO)C(C)NC(=O)c1noc(C2CCCN2)n1. The lowest BCUT2D eigenvalue weighted by atomic mass is 10.2. The second-order valence-electron chi connectivity index (χ2n) is 4.82. The average Bonchev–Trinajstić information content (AvgIpc) is 3.11. The van der Waals surface area contributed by atoms with Crippen molar-refractivity contribution in [1.29, 1.82) is 0 Å². The molecule has 0 saturated carbocycles. The number of carbonyl (C=O) groups excluding carboxylic acids is 1. The van der Waals surface area contributed by atoms with Gasteiger partial charge in [-0.25, -0.2) is 0 Å². The maximum absolute atomic E-state index is 12.0. The summed E-state index contributed by atoms with van der Waals surface area (Å²) in [6.45, 7) is 2.78. The van der Waals surface area contributed by atoms with Gasteiger partial charge in [0.2, 0.25) is 5.89 Å². The van der Waals surface area contributed by atoms with Crippen molar-refractivity contribution in [1.82, 2.24) is 20.8 Å². The van der Waals surface area contributed by atoms with Crippen LogP contribution in [0.15, 0.2) is 4.52 Å². The van der Waals surface area contributed by atoms with Crippen molar-refractivity contribution in [2.45, 2.75) is 37.1 Å². The smallest absolute Gasteiger partial charge is 0.292 e. The molecule has 0 aliphatic carbocycles. The topological polar surface area (TPSA) is 100 Å². The Balaban J connectivity index is 1.95. The van der Waals surface area contributed by atoms with E-state index in [0.717, 1.165) is 19.4 Å². The molecule has 0 radical (unpaired) electrons. The van der Waals surface area contributed by atoms with Gasteiger partial charge in [0, 0.05) is 11.3 Å². The fraction of sp³-hybridized carbons (Fsp3) is 0.750. The molecule has 2 heterocycles. The number of nitrogens with one attached hydrogen (secondary N) is 2. The highest BCUT2D eigenvalue weighted by Crippen LogP contribution is 2.21. The van der Waals surface area contributed by atoms with Gasteiger partial charge >= 0.3 is 0 Å². The van der Waals surface area contributed by atoms with Gasteiger partial charge in [-0.15, -0.1) is 0 Å². The van der Waals surface area contributed by atoms with Gasteiger partial charge in [0.15, 0.2) is 0 Å². The van der Waals surface area contributed by atoms with Gasteiger partial charge in [-0.3, -0.25) is 4.79 Å². The van der Waals surface area contributed by atoms with Crippen LogP contribution in [0.4, 0.5) is 0 Å². The molecule has 1 aliphatic heterocycles. The van der Waals surface area contributed by atoms with Crippen molar-refractivity contribution < 1.29 is 14.4 Å². The zero-order chi connectivity index (χ0) is 14.5.